The molecule has 1 atom stereocenters. The highest BCUT2D eigenvalue weighted by Gasteiger charge is 2.28. The molecule has 0 aromatic heterocycles. The van der Waals surface area contributed by atoms with Gasteiger partial charge in [-0.25, -0.2) is 18.0 Å². The normalized spacial score (nSPS) is 17.8. The first kappa shape index (κ1) is 15.1. The first-order chi connectivity index (χ1) is 9.88. The summed E-state index contributed by atoms with van der Waals surface area (Å²) in [4.78, 5) is 24.1. The van der Waals surface area contributed by atoms with Gasteiger partial charge in [0.2, 0.25) is 5.91 Å². The van der Waals surface area contributed by atoms with Gasteiger partial charge in [-0.15, -0.1) is 0 Å². The number of carbonyl (C=O) groups excluding carboxylic acids is 2. The van der Waals surface area contributed by atoms with Gasteiger partial charge < -0.3 is 15.0 Å². The number of hydrogen-bond acceptors (Lipinski definition) is 3. The second-order valence-corrected chi connectivity index (χ2v) is 4.70. The van der Waals surface area contributed by atoms with E-state index in [9.17, 15) is 22.8 Å². The number of anilines is 1. The number of nitrogens with zero attached hydrogens (tertiary/aromatic N) is 1. The summed E-state index contributed by atoms with van der Waals surface area (Å²) in [6.45, 7) is 0.367. The van der Waals surface area contributed by atoms with Crippen molar-refractivity contribution < 1.29 is 27.5 Å². The summed E-state index contributed by atoms with van der Waals surface area (Å²) in [5.74, 6) is -4.99. The van der Waals surface area contributed by atoms with E-state index in [0.29, 0.717) is 6.54 Å². The first-order valence-corrected chi connectivity index (χ1v) is 6.23. The number of benzene rings is 1. The summed E-state index contributed by atoms with van der Waals surface area (Å²) >= 11 is 0. The Morgan fingerprint density at radius 1 is 1.38 bits per heavy atom. The standard InChI is InChI=1S/C13H13F3N2O3/c1-18-6-7(21-13(18)20)2-5-10(19)17-9-4-3-8(14)11(15)12(9)16/h3-4,7H,2,5-6H2,1H3,(H,17,19). The van der Waals surface area contributed by atoms with Crippen molar-refractivity contribution in [1.82, 2.24) is 4.90 Å². The predicted octanol–water partition coefficient (Wildman–Crippen LogP) is 2.27. The molecule has 5 nitrogen and oxygen atoms in total. The second kappa shape index (κ2) is 6.02. The maximum atomic E-state index is 13.4. The van der Waals surface area contributed by atoms with Crippen molar-refractivity contribution in [1.29, 1.82) is 0 Å². The largest absolute Gasteiger partial charge is 0.444 e. The molecule has 1 aromatic carbocycles. The van der Waals surface area contributed by atoms with E-state index in [2.05, 4.69) is 5.32 Å². The van der Waals surface area contributed by atoms with E-state index >= 15 is 0 Å². The minimum absolute atomic E-state index is 0.0375. The fourth-order valence-corrected chi connectivity index (χ4v) is 1.93. The molecule has 8 heteroatoms. The van der Waals surface area contributed by atoms with Crippen LogP contribution >= 0.6 is 0 Å². The predicted molar refractivity (Wildman–Crippen MR) is 67.1 cm³/mol. The molecule has 0 spiro atoms. The van der Waals surface area contributed by atoms with Crippen molar-refractivity contribution in [3.8, 4) is 0 Å². The fourth-order valence-electron chi connectivity index (χ4n) is 1.93. The van der Waals surface area contributed by atoms with E-state index < -0.39 is 41.2 Å². The Bertz CT molecular complexity index is 580. The van der Waals surface area contributed by atoms with Crippen molar-refractivity contribution in [2.75, 3.05) is 18.9 Å². The summed E-state index contributed by atoms with van der Waals surface area (Å²) in [6, 6.07) is 1.66. The lowest BCUT2D eigenvalue weighted by molar-refractivity contribution is -0.116. The molecule has 1 fully saturated rings. The van der Waals surface area contributed by atoms with Gasteiger partial charge in [0.05, 0.1) is 12.2 Å². The number of amides is 2. The Labute approximate surface area is 118 Å². The zero-order chi connectivity index (χ0) is 15.6. The highest BCUT2D eigenvalue weighted by Crippen LogP contribution is 2.20. The topological polar surface area (TPSA) is 58.6 Å². The van der Waals surface area contributed by atoms with Crippen molar-refractivity contribution in [3.05, 3.63) is 29.6 Å². The van der Waals surface area contributed by atoms with E-state index in [1.807, 2.05) is 0 Å². The SMILES string of the molecule is CN1CC(CCC(=O)Nc2ccc(F)c(F)c2F)OC1=O. The number of nitrogens with one attached hydrogen (secondary N) is 1. The third-order valence-electron chi connectivity index (χ3n) is 3.06. The highest BCUT2D eigenvalue weighted by atomic mass is 19.2. The maximum Gasteiger partial charge on any atom is 0.409 e. The van der Waals surface area contributed by atoms with Crippen LogP contribution in [0.1, 0.15) is 12.8 Å². The maximum absolute atomic E-state index is 13.4. The Morgan fingerprint density at radius 2 is 2.10 bits per heavy atom. The lowest BCUT2D eigenvalue weighted by Gasteiger charge is -2.09. The molecule has 1 aromatic rings. The van der Waals surface area contributed by atoms with Crippen LogP contribution in [0.15, 0.2) is 12.1 Å². The highest BCUT2D eigenvalue weighted by molar-refractivity contribution is 5.90. The quantitative estimate of drug-likeness (QED) is 0.868. The number of halogens is 3. The molecule has 2 rings (SSSR count). The fraction of sp³-hybridized carbons (Fsp3) is 0.385. The molecule has 2 amide bonds. The molecule has 0 radical (unpaired) electrons. The number of hydrogen-bond donors (Lipinski definition) is 1. The van der Waals surface area contributed by atoms with Gasteiger partial charge in [-0.3, -0.25) is 4.79 Å². The van der Waals surface area contributed by atoms with Crippen LogP contribution in [-0.2, 0) is 9.53 Å². The van der Waals surface area contributed by atoms with E-state index in [1.54, 1.807) is 7.05 Å². The Morgan fingerprint density at radius 3 is 2.71 bits per heavy atom. The molecule has 1 saturated heterocycles. The number of ether oxygens (including phenoxy) is 1. The van der Waals surface area contributed by atoms with Crippen LogP contribution in [0, 0.1) is 17.5 Å². The molecule has 1 unspecified atom stereocenters. The van der Waals surface area contributed by atoms with Gasteiger partial charge in [0.15, 0.2) is 17.5 Å². The smallest absolute Gasteiger partial charge is 0.409 e. The zero-order valence-electron chi connectivity index (χ0n) is 11.2. The van der Waals surface area contributed by atoms with E-state index in [4.69, 9.17) is 4.74 Å². The summed E-state index contributed by atoms with van der Waals surface area (Å²) in [5.41, 5.74) is -0.431. The van der Waals surface area contributed by atoms with Crippen LogP contribution in [0.3, 0.4) is 0 Å². The van der Waals surface area contributed by atoms with Crippen molar-refractivity contribution in [2.45, 2.75) is 18.9 Å². The van der Waals surface area contributed by atoms with Gasteiger partial charge in [0, 0.05) is 13.5 Å². The second-order valence-electron chi connectivity index (χ2n) is 4.70. The number of cyclic esters (lactones) is 1. The third kappa shape index (κ3) is 3.45. The van der Waals surface area contributed by atoms with E-state index in [1.165, 1.54) is 4.90 Å². The van der Waals surface area contributed by atoms with Gasteiger partial charge in [0.1, 0.15) is 6.10 Å². The van der Waals surface area contributed by atoms with Crippen molar-refractivity contribution in [2.24, 2.45) is 0 Å². The molecular weight excluding hydrogens is 289 g/mol. The lowest BCUT2D eigenvalue weighted by Crippen LogP contribution is -2.21. The van der Waals surface area contributed by atoms with Crippen LogP contribution in [0.5, 0.6) is 0 Å². The number of rotatable bonds is 4. The van der Waals surface area contributed by atoms with E-state index in [-0.39, 0.29) is 12.8 Å². The Hall–Kier alpha value is -2.25. The Kier molecular flexibility index (Phi) is 4.35. The molecule has 0 bridgehead atoms. The Balaban J connectivity index is 1.88. The summed E-state index contributed by atoms with van der Waals surface area (Å²) in [7, 11) is 1.57. The molecule has 21 heavy (non-hydrogen) atoms. The monoisotopic (exact) mass is 302 g/mol. The van der Waals surface area contributed by atoms with Crippen molar-refractivity contribution >= 4 is 17.7 Å². The molecule has 1 aliphatic rings. The van der Waals surface area contributed by atoms with Crippen LogP contribution < -0.4 is 5.32 Å². The minimum atomic E-state index is -1.64. The zero-order valence-corrected chi connectivity index (χ0v) is 11.2. The molecule has 0 aliphatic carbocycles. The summed E-state index contributed by atoms with van der Waals surface area (Å²) in [6.07, 6.45) is -0.660. The van der Waals surface area contributed by atoms with Gasteiger partial charge in [-0.05, 0) is 18.6 Å². The molecule has 1 heterocycles. The number of carbonyl (C=O) groups is 2. The average Bonchev–Trinajstić information content (AvgIpc) is 2.76. The minimum Gasteiger partial charge on any atom is -0.444 e. The summed E-state index contributed by atoms with van der Waals surface area (Å²) < 4.78 is 44.1. The van der Waals surface area contributed by atoms with Crippen LogP contribution in [0.25, 0.3) is 0 Å². The average molecular weight is 302 g/mol. The van der Waals surface area contributed by atoms with Crippen LogP contribution in [0.4, 0.5) is 23.7 Å². The van der Waals surface area contributed by atoms with Gasteiger partial charge >= 0.3 is 6.09 Å². The first-order valence-electron chi connectivity index (χ1n) is 6.23. The van der Waals surface area contributed by atoms with E-state index in [0.717, 1.165) is 12.1 Å². The van der Waals surface area contributed by atoms with Crippen LogP contribution in [-0.4, -0.2) is 36.6 Å². The molecule has 114 valence electrons. The molecule has 0 saturated carbocycles. The van der Waals surface area contributed by atoms with Gasteiger partial charge in [0.25, 0.3) is 0 Å². The van der Waals surface area contributed by atoms with Crippen molar-refractivity contribution in [3.63, 3.8) is 0 Å². The van der Waals surface area contributed by atoms with Gasteiger partial charge in [-0.1, -0.05) is 0 Å². The van der Waals surface area contributed by atoms with Gasteiger partial charge in [-0.2, -0.15) is 0 Å². The number of likely N-dealkylation sites (N-methyl/N-ethyl adjacent to an activating group) is 1. The lowest BCUT2D eigenvalue weighted by atomic mass is 10.2. The third-order valence-corrected chi connectivity index (χ3v) is 3.06. The molecule has 1 aliphatic heterocycles. The molecule has 1 N–H and O–H groups in total. The molecular formula is C13H13F3N2O3. The van der Waals surface area contributed by atoms with Crippen LogP contribution in [0.2, 0.25) is 0 Å². The summed E-state index contributed by atoms with van der Waals surface area (Å²) in [5, 5.41) is 2.15.